The molecule has 4 rings (SSSR count). The Hall–Kier alpha value is -2.67. The van der Waals surface area contributed by atoms with E-state index < -0.39 is 6.04 Å². The first-order valence-corrected chi connectivity index (χ1v) is 12.6. The van der Waals surface area contributed by atoms with Gasteiger partial charge in [0.25, 0.3) is 0 Å². The number of methoxy groups -OCH3 is 1. The summed E-state index contributed by atoms with van der Waals surface area (Å²) in [6.45, 7) is 2.51. The SMILES string of the molecule is CCOC(=O)C1CSC(c2ccc(OC)c(OCc3ccccc3)c2)N1C(=O)C1CCCC1. The lowest BCUT2D eigenvalue weighted by atomic mass is 10.0. The Morgan fingerprint density at radius 1 is 1.06 bits per heavy atom. The third-order valence-electron chi connectivity index (χ3n) is 6.23. The minimum Gasteiger partial charge on any atom is -0.493 e. The zero-order valence-corrected chi connectivity index (χ0v) is 20.0. The predicted molar refractivity (Wildman–Crippen MR) is 128 cm³/mol. The Morgan fingerprint density at radius 2 is 1.82 bits per heavy atom. The smallest absolute Gasteiger partial charge is 0.329 e. The Balaban J connectivity index is 1.60. The highest BCUT2D eigenvalue weighted by Crippen LogP contribution is 2.45. The van der Waals surface area contributed by atoms with Crippen LogP contribution in [0.4, 0.5) is 0 Å². The summed E-state index contributed by atoms with van der Waals surface area (Å²) in [5, 5.41) is -0.266. The number of hydrogen-bond donors (Lipinski definition) is 0. The molecule has 2 fully saturated rings. The van der Waals surface area contributed by atoms with Crippen LogP contribution in [0.5, 0.6) is 11.5 Å². The van der Waals surface area contributed by atoms with Crippen LogP contribution >= 0.6 is 11.8 Å². The van der Waals surface area contributed by atoms with Crippen LogP contribution < -0.4 is 9.47 Å². The highest BCUT2D eigenvalue weighted by Gasteiger charge is 2.45. The number of thioether (sulfide) groups is 1. The Kier molecular flexibility index (Phi) is 7.81. The lowest BCUT2D eigenvalue weighted by Gasteiger charge is -2.31. The van der Waals surface area contributed by atoms with E-state index >= 15 is 0 Å². The molecule has 1 saturated carbocycles. The minimum atomic E-state index is -0.566. The summed E-state index contributed by atoms with van der Waals surface area (Å²) in [5.41, 5.74) is 1.97. The topological polar surface area (TPSA) is 65.1 Å². The summed E-state index contributed by atoms with van der Waals surface area (Å²) >= 11 is 1.60. The van der Waals surface area contributed by atoms with E-state index in [1.807, 2.05) is 48.5 Å². The van der Waals surface area contributed by atoms with Crippen molar-refractivity contribution in [3.8, 4) is 11.5 Å². The second kappa shape index (κ2) is 11.0. The van der Waals surface area contributed by atoms with E-state index in [0.29, 0.717) is 30.5 Å². The van der Waals surface area contributed by atoms with Gasteiger partial charge in [-0.2, -0.15) is 0 Å². The molecule has 0 aromatic heterocycles. The summed E-state index contributed by atoms with van der Waals surface area (Å²) in [6, 6.07) is 15.1. The molecular weight excluding hydrogens is 438 g/mol. The molecule has 0 N–H and O–H groups in total. The van der Waals surface area contributed by atoms with Crippen LogP contribution in [-0.4, -0.2) is 42.3 Å². The highest BCUT2D eigenvalue weighted by molar-refractivity contribution is 7.99. The molecule has 0 radical (unpaired) electrons. The molecule has 1 saturated heterocycles. The Morgan fingerprint density at radius 3 is 2.52 bits per heavy atom. The first-order valence-electron chi connectivity index (χ1n) is 11.6. The average molecular weight is 470 g/mol. The summed E-state index contributed by atoms with van der Waals surface area (Å²) in [4.78, 5) is 28.0. The number of rotatable bonds is 8. The van der Waals surface area contributed by atoms with Crippen LogP contribution in [0.3, 0.4) is 0 Å². The standard InChI is InChI=1S/C26H31NO5S/c1-3-31-26(29)21-17-33-25(27(21)24(28)19-11-7-8-12-19)20-13-14-22(30-2)23(15-20)32-16-18-9-5-4-6-10-18/h4-6,9-10,13-15,19,21,25H,3,7-8,11-12,16-17H2,1-2H3. The number of amides is 1. The fourth-order valence-corrected chi connectivity index (χ4v) is 5.94. The second-order valence-electron chi connectivity index (χ2n) is 8.36. The quantitative estimate of drug-likeness (QED) is 0.509. The fraction of sp³-hybridized carbons (Fsp3) is 0.462. The van der Waals surface area contributed by atoms with Gasteiger partial charge in [0.1, 0.15) is 18.0 Å². The maximum atomic E-state index is 13.5. The largest absolute Gasteiger partial charge is 0.493 e. The van der Waals surface area contributed by atoms with Gasteiger partial charge in [0.15, 0.2) is 11.5 Å². The van der Waals surface area contributed by atoms with E-state index in [9.17, 15) is 9.59 Å². The van der Waals surface area contributed by atoms with Crippen molar-refractivity contribution < 1.29 is 23.8 Å². The van der Waals surface area contributed by atoms with Gasteiger partial charge in [0.05, 0.1) is 13.7 Å². The van der Waals surface area contributed by atoms with Crippen molar-refractivity contribution in [2.24, 2.45) is 5.92 Å². The molecule has 7 heteroatoms. The van der Waals surface area contributed by atoms with Crippen LogP contribution in [0.25, 0.3) is 0 Å². The average Bonchev–Trinajstić information content (AvgIpc) is 3.53. The third kappa shape index (κ3) is 5.29. The van der Waals surface area contributed by atoms with E-state index in [1.165, 1.54) is 0 Å². The molecule has 33 heavy (non-hydrogen) atoms. The van der Waals surface area contributed by atoms with Crippen LogP contribution in [0.15, 0.2) is 48.5 Å². The predicted octanol–water partition coefficient (Wildman–Crippen LogP) is 4.97. The summed E-state index contributed by atoms with van der Waals surface area (Å²) in [7, 11) is 1.61. The molecule has 2 atom stereocenters. The van der Waals surface area contributed by atoms with Gasteiger partial charge >= 0.3 is 5.97 Å². The number of carbonyl (C=O) groups is 2. The molecule has 2 aromatic rings. The van der Waals surface area contributed by atoms with Gasteiger partial charge in [0.2, 0.25) is 5.91 Å². The van der Waals surface area contributed by atoms with Crippen molar-refractivity contribution in [1.29, 1.82) is 0 Å². The number of ether oxygens (including phenoxy) is 3. The number of esters is 1. The maximum absolute atomic E-state index is 13.5. The molecular formula is C26H31NO5S. The van der Waals surface area contributed by atoms with Gasteiger partial charge in [-0.1, -0.05) is 49.2 Å². The fourth-order valence-electron chi connectivity index (χ4n) is 4.53. The van der Waals surface area contributed by atoms with Crippen molar-refractivity contribution in [2.45, 2.75) is 50.6 Å². The molecule has 1 aliphatic heterocycles. The van der Waals surface area contributed by atoms with Gasteiger partial charge in [-0.05, 0) is 43.0 Å². The van der Waals surface area contributed by atoms with Gasteiger partial charge in [-0.15, -0.1) is 11.8 Å². The van der Waals surface area contributed by atoms with Crippen LogP contribution in [0.2, 0.25) is 0 Å². The van der Waals surface area contributed by atoms with Crippen molar-refractivity contribution in [2.75, 3.05) is 19.5 Å². The van der Waals surface area contributed by atoms with Crippen molar-refractivity contribution >= 4 is 23.6 Å². The second-order valence-corrected chi connectivity index (χ2v) is 9.48. The Bertz CT molecular complexity index is 960. The molecule has 6 nitrogen and oxygen atoms in total. The van der Waals surface area contributed by atoms with E-state index in [2.05, 4.69) is 0 Å². The molecule has 1 heterocycles. The zero-order valence-electron chi connectivity index (χ0n) is 19.2. The summed E-state index contributed by atoms with van der Waals surface area (Å²) in [6.07, 6.45) is 3.89. The third-order valence-corrected chi connectivity index (χ3v) is 7.55. The Labute approximate surface area is 199 Å². The highest BCUT2D eigenvalue weighted by atomic mass is 32.2. The van der Waals surface area contributed by atoms with Crippen molar-refractivity contribution in [1.82, 2.24) is 4.90 Å². The first-order chi connectivity index (χ1) is 16.1. The minimum absolute atomic E-state index is 0.0184. The zero-order chi connectivity index (χ0) is 23.2. The summed E-state index contributed by atoms with van der Waals surface area (Å²) in [5.74, 6) is 1.49. The molecule has 2 aliphatic rings. The van der Waals surface area contributed by atoms with E-state index in [0.717, 1.165) is 36.8 Å². The van der Waals surface area contributed by atoms with Gasteiger partial charge in [0, 0.05) is 11.7 Å². The van der Waals surface area contributed by atoms with Gasteiger partial charge in [-0.3, -0.25) is 4.79 Å². The van der Waals surface area contributed by atoms with Crippen LogP contribution in [-0.2, 0) is 20.9 Å². The van der Waals surface area contributed by atoms with Crippen LogP contribution in [0, 0.1) is 5.92 Å². The van der Waals surface area contributed by atoms with Gasteiger partial charge in [-0.25, -0.2) is 4.79 Å². The molecule has 0 bridgehead atoms. The number of hydrogen-bond acceptors (Lipinski definition) is 6. The van der Waals surface area contributed by atoms with E-state index in [4.69, 9.17) is 14.2 Å². The van der Waals surface area contributed by atoms with Gasteiger partial charge < -0.3 is 19.1 Å². The molecule has 176 valence electrons. The van der Waals surface area contributed by atoms with Crippen molar-refractivity contribution in [3.05, 3.63) is 59.7 Å². The molecule has 2 unspecified atom stereocenters. The molecule has 2 aromatic carbocycles. The van der Waals surface area contributed by atoms with E-state index in [1.54, 1.807) is 30.7 Å². The number of nitrogens with zero attached hydrogens (tertiary/aromatic N) is 1. The monoisotopic (exact) mass is 469 g/mol. The molecule has 0 spiro atoms. The molecule has 1 amide bonds. The van der Waals surface area contributed by atoms with Crippen LogP contribution in [0.1, 0.15) is 49.1 Å². The number of benzene rings is 2. The van der Waals surface area contributed by atoms with Crippen molar-refractivity contribution in [3.63, 3.8) is 0 Å². The normalized spacial score (nSPS) is 20.6. The lowest BCUT2D eigenvalue weighted by Crippen LogP contribution is -2.46. The number of carbonyl (C=O) groups excluding carboxylic acids is 2. The first kappa shape index (κ1) is 23.5. The maximum Gasteiger partial charge on any atom is 0.329 e. The lowest BCUT2D eigenvalue weighted by molar-refractivity contribution is -0.155. The molecule has 1 aliphatic carbocycles. The summed E-state index contributed by atoms with van der Waals surface area (Å²) < 4.78 is 16.9. The van der Waals surface area contributed by atoms with E-state index in [-0.39, 0.29) is 23.2 Å².